The van der Waals surface area contributed by atoms with Crippen LogP contribution in [0.2, 0.25) is 0 Å². The molecule has 3 aromatic rings. The van der Waals surface area contributed by atoms with Gasteiger partial charge in [-0.1, -0.05) is 6.07 Å². The molecule has 3 heterocycles. The van der Waals surface area contributed by atoms with Crippen molar-refractivity contribution < 1.29 is 18.3 Å². The zero-order chi connectivity index (χ0) is 20.5. The molecule has 1 aromatic carbocycles. The average molecular weight is 398 g/mol. The summed E-state index contributed by atoms with van der Waals surface area (Å²) in [4.78, 5) is 18.1. The van der Waals surface area contributed by atoms with Crippen molar-refractivity contribution in [3.05, 3.63) is 65.0 Å². The molecule has 0 aliphatic carbocycles. The number of pyridine rings is 1. The highest BCUT2D eigenvalue weighted by atomic mass is 19.1. The fourth-order valence-electron chi connectivity index (χ4n) is 3.58. The van der Waals surface area contributed by atoms with Crippen LogP contribution < -0.4 is 4.74 Å². The second kappa shape index (κ2) is 7.62. The molecule has 0 saturated carbocycles. The Labute approximate surface area is 166 Å². The molecule has 0 unspecified atom stereocenters. The number of halogens is 2. The van der Waals surface area contributed by atoms with Crippen LogP contribution in [0.25, 0.3) is 11.4 Å². The van der Waals surface area contributed by atoms with Crippen LogP contribution in [0.4, 0.5) is 8.78 Å². The molecule has 0 atom stereocenters. The molecule has 1 aliphatic heterocycles. The van der Waals surface area contributed by atoms with Crippen LogP contribution in [0, 0.1) is 11.6 Å². The second-order valence-corrected chi connectivity index (χ2v) is 6.94. The van der Waals surface area contributed by atoms with Crippen molar-refractivity contribution >= 4 is 5.91 Å². The van der Waals surface area contributed by atoms with Gasteiger partial charge in [0.05, 0.1) is 19.3 Å². The van der Waals surface area contributed by atoms with E-state index >= 15 is 0 Å². The minimum Gasteiger partial charge on any atom is -0.497 e. The lowest BCUT2D eigenvalue weighted by atomic mass is 10.0. The van der Waals surface area contributed by atoms with Gasteiger partial charge in [0, 0.05) is 61.6 Å². The fourth-order valence-corrected chi connectivity index (χ4v) is 3.58. The number of amides is 1. The van der Waals surface area contributed by atoms with Crippen LogP contribution in [-0.4, -0.2) is 39.2 Å². The average Bonchev–Trinajstić information content (AvgIpc) is 3.08. The maximum Gasteiger partial charge on any atom is 0.219 e. The summed E-state index contributed by atoms with van der Waals surface area (Å²) in [6, 6.07) is 7.04. The first kappa shape index (κ1) is 19.0. The lowest BCUT2D eigenvalue weighted by Gasteiger charge is -2.26. The van der Waals surface area contributed by atoms with Gasteiger partial charge < -0.3 is 9.64 Å². The van der Waals surface area contributed by atoms with E-state index < -0.39 is 11.6 Å². The lowest BCUT2D eigenvalue weighted by Crippen LogP contribution is -2.34. The summed E-state index contributed by atoms with van der Waals surface area (Å²) in [5.74, 6) is -0.608. The van der Waals surface area contributed by atoms with Crippen LogP contribution in [0.5, 0.6) is 5.75 Å². The van der Waals surface area contributed by atoms with E-state index in [0.29, 0.717) is 42.2 Å². The standard InChI is InChI=1S/C21H20F2N4O2/c1-13(28)26-8-6-20-17(12-26)21(19-10-16(29-2)5-7-24-19)25-27(20)11-14-3-4-15(22)9-18(14)23/h3-5,7,9-10H,6,8,11-12H2,1-2H3. The summed E-state index contributed by atoms with van der Waals surface area (Å²) in [7, 11) is 1.57. The predicted octanol–water partition coefficient (Wildman–Crippen LogP) is 3.18. The van der Waals surface area contributed by atoms with E-state index in [0.717, 1.165) is 17.3 Å². The van der Waals surface area contributed by atoms with Gasteiger partial charge >= 0.3 is 0 Å². The summed E-state index contributed by atoms with van der Waals surface area (Å²) in [5.41, 5.74) is 3.40. The summed E-state index contributed by atoms with van der Waals surface area (Å²) >= 11 is 0. The molecular weight excluding hydrogens is 378 g/mol. The van der Waals surface area contributed by atoms with Crippen molar-refractivity contribution in [2.75, 3.05) is 13.7 Å². The molecule has 1 amide bonds. The van der Waals surface area contributed by atoms with Crippen LogP contribution in [0.1, 0.15) is 23.7 Å². The highest BCUT2D eigenvalue weighted by molar-refractivity contribution is 5.74. The lowest BCUT2D eigenvalue weighted by molar-refractivity contribution is -0.129. The Morgan fingerprint density at radius 3 is 2.79 bits per heavy atom. The van der Waals surface area contributed by atoms with Crippen molar-refractivity contribution in [2.45, 2.75) is 26.4 Å². The molecule has 2 aromatic heterocycles. The Balaban J connectivity index is 1.79. The molecule has 1 aliphatic rings. The zero-order valence-corrected chi connectivity index (χ0v) is 16.2. The molecule has 0 spiro atoms. The molecule has 150 valence electrons. The van der Waals surface area contributed by atoms with Crippen molar-refractivity contribution in [1.82, 2.24) is 19.7 Å². The number of rotatable bonds is 4. The number of hydrogen-bond acceptors (Lipinski definition) is 4. The molecule has 0 fully saturated rings. The van der Waals surface area contributed by atoms with E-state index in [9.17, 15) is 13.6 Å². The van der Waals surface area contributed by atoms with Crippen molar-refractivity contribution in [3.8, 4) is 17.1 Å². The quantitative estimate of drug-likeness (QED) is 0.677. The monoisotopic (exact) mass is 398 g/mol. The molecule has 29 heavy (non-hydrogen) atoms. The Morgan fingerprint density at radius 2 is 2.07 bits per heavy atom. The van der Waals surface area contributed by atoms with Gasteiger partial charge in [-0.15, -0.1) is 0 Å². The Hall–Kier alpha value is -3.29. The first-order valence-corrected chi connectivity index (χ1v) is 9.24. The van der Waals surface area contributed by atoms with Crippen LogP contribution in [0.3, 0.4) is 0 Å². The zero-order valence-electron chi connectivity index (χ0n) is 16.2. The third-order valence-electron chi connectivity index (χ3n) is 5.12. The van der Waals surface area contributed by atoms with Gasteiger partial charge in [0.15, 0.2) is 0 Å². The maximum absolute atomic E-state index is 14.2. The second-order valence-electron chi connectivity index (χ2n) is 6.94. The highest BCUT2D eigenvalue weighted by Crippen LogP contribution is 2.31. The Morgan fingerprint density at radius 1 is 1.24 bits per heavy atom. The van der Waals surface area contributed by atoms with Crippen molar-refractivity contribution in [2.24, 2.45) is 0 Å². The van der Waals surface area contributed by atoms with Gasteiger partial charge in [-0.2, -0.15) is 5.10 Å². The topological polar surface area (TPSA) is 60.3 Å². The summed E-state index contributed by atoms with van der Waals surface area (Å²) in [6.07, 6.45) is 2.22. The number of ether oxygens (including phenoxy) is 1. The first-order valence-electron chi connectivity index (χ1n) is 9.24. The number of nitrogens with zero attached hydrogens (tertiary/aromatic N) is 4. The van der Waals surface area contributed by atoms with Crippen LogP contribution in [-0.2, 0) is 24.3 Å². The number of methoxy groups -OCH3 is 1. The predicted molar refractivity (Wildman–Crippen MR) is 102 cm³/mol. The molecular formula is C21H20F2N4O2. The Bertz CT molecular complexity index is 1080. The number of carbonyl (C=O) groups excluding carboxylic acids is 1. The number of benzene rings is 1. The van der Waals surface area contributed by atoms with Gasteiger partial charge in [0.2, 0.25) is 5.91 Å². The van der Waals surface area contributed by atoms with Gasteiger partial charge in [-0.05, 0) is 12.1 Å². The molecule has 6 nitrogen and oxygen atoms in total. The Kier molecular flexibility index (Phi) is 5.00. The molecule has 0 saturated heterocycles. The number of carbonyl (C=O) groups is 1. The van der Waals surface area contributed by atoms with E-state index in [1.807, 2.05) is 0 Å². The molecule has 8 heteroatoms. The van der Waals surface area contributed by atoms with Gasteiger partial charge in [0.1, 0.15) is 23.1 Å². The van der Waals surface area contributed by atoms with Crippen molar-refractivity contribution in [3.63, 3.8) is 0 Å². The van der Waals surface area contributed by atoms with Gasteiger partial charge in [-0.25, -0.2) is 8.78 Å². The number of hydrogen-bond donors (Lipinski definition) is 0. The van der Waals surface area contributed by atoms with Crippen LogP contribution in [0.15, 0.2) is 36.5 Å². The third kappa shape index (κ3) is 3.70. The highest BCUT2D eigenvalue weighted by Gasteiger charge is 2.27. The van der Waals surface area contributed by atoms with Gasteiger partial charge in [-0.3, -0.25) is 14.5 Å². The molecule has 0 bridgehead atoms. The van der Waals surface area contributed by atoms with E-state index in [2.05, 4.69) is 4.98 Å². The largest absolute Gasteiger partial charge is 0.497 e. The minimum atomic E-state index is -0.618. The number of fused-ring (bicyclic) bond motifs is 1. The number of aromatic nitrogens is 3. The van der Waals surface area contributed by atoms with E-state index in [1.165, 1.54) is 19.1 Å². The van der Waals surface area contributed by atoms with E-state index in [1.54, 1.807) is 35.0 Å². The molecule has 0 N–H and O–H groups in total. The normalized spacial score (nSPS) is 13.3. The summed E-state index contributed by atoms with van der Waals surface area (Å²) in [5, 5.41) is 4.69. The van der Waals surface area contributed by atoms with Gasteiger partial charge in [0.25, 0.3) is 0 Å². The molecule has 4 rings (SSSR count). The third-order valence-corrected chi connectivity index (χ3v) is 5.12. The smallest absolute Gasteiger partial charge is 0.219 e. The van der Waals surface area contributed by atoms with Crippen molar-refractivity contribution in [1.29, 1.82) is 0 Å². The first-order chi connectivity index (χ1) is 14.0. The SMILES string of the molecule is COc1ccnc(-c2nn(Cc3ccc(F)cc3F)c3c2CN(C(C)=O)CC3)c1. The minimum absolute atomic E-state index is 0.0162. The molecule has 0 radical (unpaired) electrons. The summed E-state index contributed by atoms with van der Waals surface area (Å²) in [6.45, 7) is 2.67. The van der Waals surface area contributed by atoms with E-state index in [4.69, 9.17) is 9.84 Å². The fraction of sp³-hybridized carbons (Fsp3) is 0.286. The van der Waals surface area contributed by atoms with Crippen LogP contribution >= 0.6 is 0 Å². The maximum atomic E-state index is 14.2. The van der Waals surface area contributed by atoms with E-state index in [-0.39, 0.29) is 12.5 Å². The summed E-state index contributed by atoms with van der Waals surface area (Å²) < 4.78 is 34.5.